The Morgan fingerprint density at radius 1 is 0.840 bits per heavy atom. The predicted octanol–water partition coefficient (Wildman–Crippen LogP) is 5.17. The van der Waals surface area contributed by atoms with Crippen molar-refractivity contribution in [1.29, 1.82) is 10.5 Å². The summed E-state index contributed by atoms with van der Waals surface area (Å²) in [6, 6.07) is 1.38. The van der Waals surface area contributed by atoms with Gasteiger partial charge in [-0.2, -0.15) is 50.0 Å². The van der Waals surface area contributed by atoms with Gasteiger partial charge in [-0.15, -0.1) is 0 Å². The maximum Gasteiger partial charge on any atom is 0.389 e. The fourth-order valence-electron chi connectivity index (χ4n) is 1.86. The van der Waals surface area contributed by atoms with E-state index in [2.05, 4.69) is 0 Å². The van der Waals surface area contributed by atoms with Crippen LogP contribution >= 0.6 is 0 Å². The summed E-state index contributed by atoms with van der Waals surface area (Å²) in [7, 11) is 0. The van der Waals surface area contributed by atoms with Crippen LogP contribution in [0.5, 0.6) is 0 Å². The molecule has 0 saturated heterocycles. The van der Waals surface area contributed by atoms with Crippen molar-refractivity contribution >= 4 is 0 Å². The van der Waals surface area contributed by atoms with Gasteiger partial charge in [-0.05, 0) is 5.92 Å². The van der Waals surface area contributed by atoms with E-state index in [4.69, 9.17) is 10.5 Å². The number of hydrogen-bond donors (Lipinski definition) is 0. The van der Waals surface area contributed by atoms with E-state index in [1.54, 1.807) is 0 Å². The molecule has 0 amide bonds. The van der Waals surface area contributed by atoms with Crippen molar-refractivity contribution in [2.45, 2.75) is 50.1 Å². The average molecular weight is 390 g/mol. The molecule has 25 heavy (non-hydrogen) atoms. The van der Waals surface area contributed by atoms with Crippen LogP contribution in [-0.4, -0.2) is 30.4 Å². The molecule has 0 bridgehead atoms. The molecule has 0 heterocycles. The second-order valence-corrected chi connectivity index (χ2v) is 5.29. The number of halogens is 11. The van der Waals surface area contributed by atoms with E-state index in [0.29, 0.717) is 19.1 Å². The fourth-order valence-corrected chi connectivity index (χ4v) is 1.86. The van der Waals surface area contributed by atoms with Gasteiger partial charge in [0.2, 0.25) is 0 Å². The molecule has 0 N–H and O–H groups in total. The summed E-state index contributed by atoms with van der Waals surface area (Å²) in [6.07, 6.45) is -15.1. The molecule has 13 heteroatoms. The van der Waals surface area contributed by atoms with Crippen LogP contribution in [0, 0.1) is 34.0 Å². The molecule has 0 spiro atoms. The van der Waals surface area contributed by atoms with Crippen molar-refractivity contribution < 1.29 is 48.3 Å². The lowest BCUT2D eigenvalue weighted by atomic mass is 9.71. The standard InChI is InChI=1S/C12H9F11N2/c1-6(2-10(17,18)19)8(4-24,5-25)3-9(15,16)12(22,23)11(20,21)7(13)14/h6-7H,2-3H2,1H3. The van der Waals surface area contributed by atoms with E-state index in [1.807, 2.05) is 0 Å². The predicted molar refractivity (Wildman–Crippen MR) is 59.0 cm³/mol. The zero-order valence-corrected chi connectivity index (χ0v) is 12.1. The van der Waals surface area contributed by atoms with Crippen LogP contribution in [0.3, 0.4) is 0 Å². The first kappa shape index (κ1) is 23.2. The number of nitrogens with zero attached hydrogens (tertiary/aromatic N) is 2. The molecule has 0 aliphatic rings. The molecule has 0 rings (SSSR count). The number of hydrogen-bond acceptors (Lipinski definition) is 2. The molecule has 144 valence electrons. The molecule has 0 saturated carbocycles. The quantitative estimate of drug-likeness (QED) is 0.563. The normalized spacial score (nSPS) is 15.6. The van der Waals surface area contributed by atoms with Gasteiger partial charge in [-0.1, -0.05) is 6.92 Å². The summed E-state index contributed by atoms with van der Waals surface area (Å²) < 4.78 is 140. The van der Waals surface area contributed by atoms with Crippen LogP contribution < -0.4 is 0 Å². The largest absolute Gasteiger partial charge is 0.389 e. The highest BCUT2D eigenvalue weighted by molar-refractivity contribution is 5.19. The molecule has 0 radical (unpaired) electrons. The third-order valence-corrected chi connectivity index (χ3v) is 3.43. The van der Waals surface area contributed by atoms with Gasteiger partial charge < -0.3 is 0 Å². The lowest BCUT2D eigenvalue weighted by molar-refractivity contribution is -0.343. The SMILES string of the molecule is CC(CC(F)(F)F)C(C#N)(C#N)CC(F)(F)C(F)(F)C(F)(F)C(F)F. The van der Waals surface area contributed by atoms with E-state index < -0.39 is 54.5 Å². The Labute approximate surface area is 133 Å². The molecular weight excluding hydrogens is 381 g/mol. The van der Waals surface area contributed by atoms with E-state index >= 15 is 0 Å². The summed E-state index contributed by atoms with van der Waals surface area (Å²) in [5, 5.41) is 17.5. The monoisotopic (exact) mass is 390 g/mol. The van der Waals surface area contributed by atoms with Crippen LogP contribution in [0.15, 0.2) is 0 Å². The van der Waals surface area contributed by atoms with Crippen molar-refractivity contribution in [2.75, 3.05) is 0 Å². The van der Waals surface area contributed by atoms with Crippen molar-refractivity contribution in [3.63, 3.8) is 0 Å². The molecule has 2 nitrogen and oxygen atoms in total. The summed E-state index contributed by atoms with van der Waals surface area (Å²) in [4.78, 5) is 0. The second-order valence-electron chi connectivity index (χ2n) is 5.29. The van der Waals surface area contributed by atoms with Gasteiger partial charge in [0.15, 0.2) is 5.41 Å². The van der Waals surface area contributed by atoms with E-state index in [-0.39, 0.29) is 0 Å². The highest BCUT2D eigenvalue weighted by Gasteiger charge is 2.76. The first-order valence-electron chi connectivity index (χ1n) is 6.21. The zero-order chi connectivity index (χ0) is 20.5. The first-order chi connectivity index (χ1) is 10.9. The summed E-state index contributed by atoms with van der Waals surface area (Å²) in [5.41, 5.74) is -3.47. The molecule has 0 aliphatic heterocycles. The average Bonchev–Trinajstić information content (AvgIpc) is 2.42. The van der Waals surface area contributed by atoms with E-state index in [1.165, 1.54) is 0 Å². The third-order valence-electron chi connectivity index (χ3n) is 3.43. The Morgan fingerprint density at radius 2 is 1.24 bits per heavy atom. The van der Waals surface area contributed by atoms with Gasteiger partial charge in [0.1, 0.15) is 0 Å². The highest BCUT2D eigenvalue weighted by Crippen LogP contribution is 2.54. The summed E-state index contributed by atoms with van der Waals surface area (Å²) in [6.45, 7) is 0.444. The van der Waals surface area contributed by atoms with Gasteiger partial charge in [0.25, 0.3) is 0 Å². The fraction of sp³-hybridized carbons (Fsp3) is 0.833. The Bertz CT molecular complexity index is 539. The molecule has 1 atom stereocenters. The molecule has 0 aliphatic carbocycles. The van der Waals surface area contributed by atoms with Crippen LogP contribution in [0.25, 0.3) is 0 Å². The Balaban J connectivity index is 5.95. The molecule has 1 unspecified atom stereocenters. The third kappa shape index (κ3) is 4.44. The molecular formula is C12H9F11N2. The molecule has 0 fully saturated rings. The summed E-state index contributed by atoms with van der Waals surface area (Å²) >= 11 is 0. The molecule has 0 aromatic carbocycles. The van der Waals surface area contributed by atoms with Crippen LogP contribution in [0.4, 0.5) is 48.3 Å². The number of nitriles is 2. The lowest BCUT2D eigenvalue weighted by Gasteiger charge is -2.36. The smallest absolute Gasteiger partial charge is 0.203 e. The van der Waals surface area contributed by atoms with Crippen molar-refractivity contribution in [1.82, 2.24) is 0 Å². The Hall–Kier alpha value is -1.79. The zero-order valence-electron chi connectivity index (χ0n) is 12.1. The second kappa shape index (κ2) is 6.84. The lowest BCUT2D eigenvalue weighted by Crippen LogP contribution is -2.59. The molecule has 0 aromatic heterocycles. The van der Waals surface area contributed by atoms with Crippen molar-refractivity contribution in [2.24, 2.45) is 11.3 Å². The van der Waals surface area contributed by atoms with Crippen LogP contribution in [0.2, 0.25) is 0 Å². The summed E-state index contributed by atoms with van der Waals surface area (Å²) in [5.74, 6) is -21.7. The highest BCUT2D eigenvalue weighted by atomic mass is 19.4. The minimum Gasteiger partial charge on any atom is -0.203 e. The Kier molecular flexibility index (Phi) is 6.35. The van der Waals surface area contributed by atoms with Crippen LogP contribution in [-0.2, 0) is 0 Å². The first-order valence-corrected chi connectivity index (χ1v) is 6.21. The maximum absolute atomic E-state index is 13.6. The minimum atomic E-state index is -6.72. The topological polar surface area (TPSA) is 47.6 Å². The molecule has 0 aromatic rings. The van der Waals surface area contributed by atoms with E-state index in [9.17, 15) is 48.3 Å². The van der Waals surface area contributed by atoms with Gasteiger partial charge in [0, 0.05) is 6.42 Å². The van der Waals surface area contributed by atoms with Crippen molar-refractivity contribution in [3.05, 3.63) is 0 Å². The van der Waals surface area contributed by atoms with Crippen molar-refractivity contribution in [3.8, 4) is 12.1 Å². The van der Waals surface area contributed by atoms with E-state index in [0.717, 1.165) is 0 Å². The number of rotatable bonds is 7. The van der Waals surface area contributed by atoms with Gasteiger partial charge in [-0.3, -0.25) is 0 Å². The van der Waals surface area contributed by atoms with Gasteiger partial charge in [0.05, 0.1) is 18.6 Å². The van der Waals surface area contributed by atoms with Gasteiger partial charge >= 0.3 is 30.4 Å². The Morgan fingerprint density at radius 3 is 1.52 bits per heavy atom. The minimum absolute atomic E-state index is 0.444. The number of alkyl halides is 11. The maximum atomic E-state index is 13.6. The van der Waals surface area contributed by atoms with Gasteiger partial charge in [-0.25, -0.2) is 8.78 Å². The van der Waals surface area contributed by atoms with Crippen LogP contribution in [0.1, 0.15) is 19.8 Å².